The van der Waals surface area contributed by atoms with Crippen molar-refractivity contribution in [2.75, 3.05) is 16.8 Å². The van der Waals surface area contributed by atoms with Gasteiger partial charge in [-0.2, -0.15) is 0 Å². The van der Waals surface area contributed by atoms with Gasteiger partial charge in [-0.05, 0) is 55.7 Å². The maximum atomic E-state index is 12.8. The summed E-state index contributed by atoms with van der Waals surface area (Å²) in [6.07, 6.45) is 4.91. The number of fused-ring (bicyclic) bond motifs is 1. The molecule has 0 saturated carbocycles. The third-order valence-electron chi connectivity index (χ3n) is 5.72. The van der Waals surface area contributed by atoms with Crippen LogP contribution in [0.15, 0.2) is 54.6 Å². The SMILES string of the molecule is Cc1c(Cl)cccc1NC(=O)COC(=O)c1cccc(N2C(=O)[C@H]3CC=CC[C@H]3C2=O)c1. The standard InChI is InChI=1S/C24H21ClN2O5/c1-14-19(25)10-5-11-20(14)26-21(28)13-32-24(31)15-6-4-7-16(12-15)27-22(29)17-8-2-3-9-18(17)23(27)30/h2-7,10-12,17-18H,8-9,13H2,1H3,(H,26,28)/t17-,18+. The lowest BCUT2D eigenvalue weighted by atomic mass is 9.85. The minimum atomic E-state index is -0.733. The number of anilines is 2. The van der Waals surface area contributed by atoms with Crippen molar-refractivity contribution in [3.05, 3.63) is 70.8 Å². The van der Waals surface area contributed by atoms with Crippen molar-refractivity contribution in [1.82, 2.24) is 0 Å². The summed E-state index contributed by atoms with van der Waals surface area (Å²) in [4.78, 5) is 51.3. The molecule has 32 heavy (non-hydrogen) atoms. The van der Waals surface area contributed by atoms with Crippen molar-refractivity contribution in [2.24, 2.45) is 11.8 Å². The number of benzene rings is 2. The molecule has 8 heteroatoms. The number of carbonyl (C=O) groups is 4. The van der Waals surface area contributed by atoms with E-state index in [1.54, 1.807) is 37.3 Å². The molecule has 2 atom stereocenters. The summed E-state index contributed by atoms with van der Waals surface area (Å²) < 4.78 is 5.12. The Balaban J connectivity index is 1.41. The highest BCUT2D eigenvalue weighted by Gasteiger charge is 2.47. The Kier molecular flexibility index (Phi) is 6.10. The Morgan fingerprint density at radius 1 is 1.06 bits per heavy atom. The molecule has 0 spiro atoms. The Labute approximate surface area is 190 Å². The van der Waals surface area contributed by atoms with E-state index in [2.05, 4.69) is 5.32 Å². The Hall–Kier alpha value is -3.45. The van der Waals surface area contributed by atoms with Crippen LogP contribution < -0.4 is 10.2 Å². The monoisotopic (exact) mass is 452 g/mol. The molecule has 0 bridgehead atoms. The van der Waals surface area contributed by atoms with E-state index in [-0.39, 0.29) is 29.2 Å². The van der Waals surface area contributed by atoms with E-state index >= 15 is 0 Å². The molecular weight excluding hydrogens is 432 g/mol. The molecule has 2 aromatic carbocycles. The zero-order valence-electron chi connectivity index (χ0n) is 17.3. The molecule has 1 aliphatic carbocycles. The van der Waals surface area contributed by atoms with Gasteiger partial charge in [0.2, 0.25) is 11.8 Å². The van der Waals surface area contributed by atoms with E-state index in [1.165, 1.54) is 12.1 Å². The third-order valence-corrected chi connectivity index (χ3v) is 6.13. The first kappa shape index (κ1) is 21.8. The molecule has 7 nitrogen and oxygen atoms in total. The molecular formula is C24H21ClN2O5. The number of carbonyl (C=O) groups excluding carboxylic acids is 4. The van der Waals surface area contributed by atoms with Gasteiger partial charge in [0.15, 0.2) is 6.61 Å². The summed E-state index contributed by atoms with van der Waals surface area (Å²) in [6, 6.07) is 11.2. The van der Waals surface area contributed by atoms with Crippen molar-refractivity contribution in [2.45, 2.75) is 19.8 Å². The van der Waals surface area contributed by atoms with Gasteiger partial charge in [0, 0.05) is 10.7 Å². The van der Waals surface area contributed by atoms with Crippen LogP contribution in [0.3, 0.4) is 0 Å². The van der Waals surface area contributed by atoms with Gasteiger partial charge in [-0.3, -0.25) is 19.3 Å². The summed E-state index contributed by atoms with van der Waals surface area (Å²) in [5.74, 6) is -2.48. The van der Waals surface area contributed by atoms with Crippen molar-refractivity contribution in [3.8, 4) is 0 Å². The van der Waals surface area contributed by atoms with Crippen LogP contribution in [0, 0.1) is 18.8 Å². The molecule has 4 rings (SSSR count). The number of esters is 1. The number of halogens is 1. The normalized spacial score (nSPS) is 19.6. The number of rotatable bonds is 5. The molecule has 2 aliphatic rings. The van der Waals surface area contributed by atoms with Crippen molar-refractivity contribution in [3.63, 3.8) is 0 Å². The van der Waals surface area contributed by atoms with Crippen LogP contribution in [0.4, 0.5) is 11.4 Å². The number of hydrogen-bond donors (Lipinski definition) is 1. The predicted octanol–water partition coefficient (Wildman–Crippen LogP) is 3.90. The van der Waals surface area contributed by atoms with Crippen molar-refractivity contribution < 1.29 is 23.9 Å². The minimum absolute atomic E-state index is 0.142. The molecule has 0 aromatic heterocycles. The summed E-state index contributed by atoms with van der Waals surface area (Å²) in [7, 11) is 0. The average molecular weight is 453 g/mol. The number of ether oxygens (including phenoxy) is 1. The second kappa shape index (κ2) is 8.96. The summed E-state index contributed by atoms with van der Waals surface area (Å²) in [5.41, 5.74) is 1.70. The summed E-state index contributed by atoms with van der Waals surface area (Å²) in [5, 5.41) is 3.16. The van der Waals surface area contributed by atoms with Gasteiger partial charge in [-0.15, -0.1) is 0 Å². The van der Waals surface area contributed by atoms with E-state index in [0.29, 0.717) is 34.8 Å². The van der Waals surface area contributed by atoms with Crippen LogP contribution in [0.25, 0.3) is 0 Å². The maximum absolute atomic E-state index is 12.8. The Bertz CT molecular complexity index is 1120. The highest BCUT2D eigenvalue weighted by Crippen LogP contribution is 2.37. The van der Waals surface area contributed by atoms with Gasteiger partial charge >= 0.3 is 5.97 Å². The minimum Gasteiger partial charge on any atom is -0.452 e. The van der Waals surface area contributed by atoms with Gasteiger partial charge in [0.25, 0.3) is 5.91 Å². The molecule has 164 valence electrons. The highest BCUT2D eigenvalue weighted by atomic mass is 35.5. The third kappa shape index (κ3) is 4.16. The molecule has 1 N–H and O–H groups in total. The lowest BCUT2D eigenvalue weighted by molar-refractivity contribution is -0.122. The molecule has 3 amide bonds. The fourth-order valence-electron chi connectivity index (χ4n) is 3.97. The largest absolute Gasteiger partial charge is 0.452 e. The van der Waals surface area contributed by atoms with Gasteiger partial charge in [0.1, 0.15) is 0 Å². The van der Waals surface area contributed by atoms with Crippen molar-refractivity contribution in [1.29, 1.82) is 0 Å². The molecule has 0 unspecified atom stereocenters. The fraction of sp³-hybridized carbons (Fsp3) is 0.250. The Morgan fingerprint density at radius 2 is 1.72 bits per heavy atom. The van der Waals surface area contributed by atoms with Crippen LogP contribution >= 0.6 is 11.6 Å². The van der Waals surface area contributed by atoms with Crippen molar-refractivity contribution >= 4 is 46.7 Å². The molecule has 1 fully saturated rings. The smallest absolute Gasteiger partial charge is 0.338 e. The second-order valence-corrected chi connectivity index (χ2v) is 8.16. The lowest BCUT2D eigenvalue weighted by Gasteiger charge is -2.15. The number of nitrogens with one attached hydrogen (secondary N) is 1. The van der Waals surface area contributed by atoms with Crippen LogP contribution in [-0.2, 0) is 19.1 Å². The number of allylic oxidation sites excluding steroid dienone is 2. The van der Waals surface area contributed by atoms with E-state index in [0.717, 1.165) is 4.90 Å². The molecule has 2 aromatic rings. The zero-order valence-corrected chi connectivity index (χ0v) is 18.1. The predicted molar refractivity (Wildman–Crippen MR) is 119 cm³/mol. The number of hydrogen-bond acceptors (Lipinski definition) is 5. The lowest BCUT2D eigenvalue weighted by Crippen LogP contribution is -2.31. The van der Waals surface area contributed by atoms with E-state index < -0.39 is 18.5 Å². The van der Waals surface area contributed by atoms with Crippen LogP contribution in [0.1, 0.15) is 28.8 Å². The Morgan fingerprint density at radius 3 is 2.41 bits per heavy atom. The first-order valence-electron chi connectivity index (χ1n) is 10.2. The van der Waals surface area contributed by atoms with Gasteiger partial charge in [0.05, 0.1) is 23.1 Å². The second-order valence-electron chi connectivity index (χ2n) is 7.75. The van der Waals surface area contributed by atoms with Gasteiger partial charge in [-0.1, -0.05) is 35.9 Å². The summed E-state index contributed by atoms with van der Waals surface area (Å²) >= 11 is 6.04. The fourth-order valence-corrected chi connectivity index (χ4v) is 4.14. The van der Waals surface area contributed by atoms with Gasteiger partial charge < -0.3 is 10.1 Å². The number of amides is 3. The number of imide groups is 1. The quantitative estimate of drug-likeness (QED) is 0.422. The highest BCUT2D eigenvalue weighted by molar-refractivity contribution is 6.31. The zero-order chi connectivity index (χ0) is 22.8. The molecule has 0 radical (unpaired) electrons. The first-order valence-corrected chi connectivity index (χ1v) is 10.6. The first-order chi connectivity index (χ1) is 15.4. The van der Waals surface area contributed by atoms with Crippen LogP contribution in [0.2, 0.25) is 5.02 Å². The summed E-state index contributed by atoms with van der Waals surface area (Å²) in [6.45, 7) is 1.27. The maximum Gasteiger partial charge on any atom is 0.338 e. The van der Waals surface area contributed by atoms with Crippen LogP contribution in [0.5, 0.6) is 0 Å². The van der Waals surface area contributed by atoms with E-state index in [9.17, 15) is 19.2 Å². The molecule has 1 saturated heterocycles. The topological polar surface area (TPSA) is 92.8 Å². The number of nitrogens with zero attached hydrogens (tertiary/aromatic N) is 1. The van der Waals surface area contributed by atoms with Crippen LogP contribution in [-0.4, -0.2) is 30.3 Å². The molecule has 1 aliphatic heterocycles. The average Bonchev–Trinajstić information content (AvgIpc) is 3.05. The van der Waals surface area contributed by atoms with Gasteiger partial charge in [-0.25, -0.2) is 4.79 Å². The van der Waals surface area contributed by atoms with E-state index in [4.69, 9.17) is 16.3 Å². The van der Waals surface area contributed by atoms with E-state index in [1.807, 2.05) is 12.2 Å². The molecule has 1 heterocycles.